The quantitative estimate of drug-likeness (QED) is 0.123. The van der Waals surface area contributed by atoms with Crippen molar-refractivity contribution in [1.29, 1.82) is 0 Å². The van der Waals surface area contributed by atoms with Crippen molar-refractivity contribution in [3.8, 4) is 0 Å². The normalized spacial score (nSPS) is 37.4. The number of hydrogen-bond acceptors (Lipinski definition) is 1. The van der Waals surface area contributed by atoms with Crippen molar-refractivity contribution in [2.75, 3.05) is 0 Å². The highest BCUT2D eigenvalue weighted by molar-refractivity contribution is 6.84. The van der Waals surface area contributed by atoms with E-state index in [1.807, 2.05) is 0 Å². The molecule has 1 aromatic rings. The van der Waals surface area contributed by atoms with Crippen molar-refractivity contribution >= 4 is 13.5 Å². The molecule has 4 aliphatic carbocycles. The second kappa shape index (κ2) is 11.8. The van der Waals surface area contributed by atoms with Crippen LogP contribution in [0, 0.1) is 81.3 Å². The Morgan fingerprint density at radius 1 is 0.738 bits per heavy atom. The van der Waals surface area contributed by atoms with Gasteiger partial charge in [0.1, 0.15) is 0 Å². The van der Waals surface area contributed by atoms with E-state index in [1.54, 1.807) is 13.1 Å². The lowest BCUT2D eigenvalue weighted by Crippen LogP contribution is -2.56. The maximum Gasteiger partial charge on any atom is 0.225 e. The summed E-state index contributed by atoms with van der Waals surface area (Å²) >= 11 is 0. The third kappa shape index (κ3) is 5.43. The van der Waals surface area contributed by atoms with Crippen molar-refractivity contribution in [3.05, 3.63) is 29.1 Å². The fourth-order valence-corrected chi connectivity index (χ4v) is 13.4. The zero-order valence-electron chi connectivity index (χ0n) is 26.9. The van der Waals surface area contributed by atoms with Crippen LogP contribution in [0.15, 0.2) is 0 Å². The van der Waals surface area contributed by atoms with E-state index in [2.05, 4.69) is 34.6 Å². The molecule has 0 saturated heterocycles. The van der Waals surface area contributed by atoms with E-state index < -0.39 is 42.6 Å². The number of rotatable bonds is 8. The van der Waals surface area contributed by atoms with Crippen molar-refractivity contribution in [2.45, 2.75) is 131 Å². The Labute approximate surface area is 251 Å². The lowest BCUT2D eigenvalue weighted by Gasteiger charge is -2.61. The van der Waals surface area contributed by atoms with Crippen LogP contribution in [0.3, 0.4) is 0 Å². The van der Waals surface area contributed by atoms with Crippen LogP contribution in [0.1, 0.15) is 112 Å². The Hall–Kier alpha value is -0.953. The van der Waals surface area contributed by atoms with Gasteiger partial charge in [-0.3, -0.25) is 0 Å². The molecule has 0 bridgehead atoms. The maximum absolute atomic E-state index is 14.7. The molecule has 7 heteroatoms. The Balaban J connectivity index is 1.27. The summed E-state index contributed by atoms with van der Waals surface area (Å²) in [6.07, 6.45) is 14.1. The summed E-state index contributed by atoms with van der Waals surface area (Å²) in [4.78, 5) is 0. The zero-order valence-corrected chi connectivity index (χ0v) is 27.9. The summed E-state index contributed by atoms with van der Waals surface area (Å²) in [5.74, 6) is -4.20. The van der Waals surface area contributed by atoms with Crippen molar-refractivity contribution in [2.24, 2.45) is 52.3 Å². The predicted octanol–water partition coefficient (Wildman–Crippen LogP) is 10.3. The zero-order chi connectivity index (χ0) is 30.8. The summed E-state index contributed by atoms with van der Waals surface area (Å²) in [7, 11) is -3.42. The van der Waals surface area contributed by atoms with E-state index in [-0.39, 0.29) is 11.5 Å². The fourth-order valence-electron chi connectivity index (χ4n) is 11.0. The van der Waals surface area contributed by atoms with Crippen molar-refractivity contribution in [1.82, 2.24) is 0 Å². The molecule has 4 aliphatic rings. The highest BCUT2D eigenvalue weighted by atomic mass is 28.4. The monoisotopic (exact) mass is 612 g/mol. The van der Waals surface area contributed by atoms with Gasteiger partial charge in [-0.05, 0) is 123 Å². The predicted molar refractivity (Wildman–Crippen MR) is 161 cm³/mol. The minimum absolute atomic E-state index is 0.215. The van der Waals surface area contributed by atoms with Crippen LogP contribution < -0.4 is 5.19 Å². The topological polar surface area (TPSA) is 9.23 Å². The van der Waals surface area contributed by atoms with Crippen LogP contribution in [-0.2, 0) is 4.43 Å². The van der Waals surface area contributed by atoms with E-state index in [1.165, 1.54) is 51.4 Å². The Kier molecular flexibility index (Phi) is 9.09. The molecule has 0 heterocycles. The van der Waals surface area contributed by atoms with E-state index in [0.29, 0.717) is 17.3 Å². The van der Waals surface area contributed by atoms with Gasteiger partial charge in [-0.1, -0.05) is 53.9 Å². The third-order valence-corrected chi connectivity index (χ3v) is 15.7. The summed E-state index contributed by atoms with van der Waals surface area (Å²) in [5.41, 5.74) is 0.673. The second-order valence-electron chi connectivity index (χ2n) is 16.2. The van der Waals surface area contributed by atoms with Gasteiger partial charge in [0, 0.05) is 11.3 Å². The molecule has 1 aromatic carbocycles. The molecule has 9 atom stereocenters. The van der Waals surface area contributed by atoms with Gasteiger partial charge in [0.05, 0.1) is 0 Å². The van der Waals surface area contributed by atoms with E-state index in [9.17, 15) is 22.0 Å². The summed E-state index contributed by atoms with van der Waals surface area (Å²) < 4.78 is 77.5. The van der Waals surface area contributed by atoms with Gasteiger partial charge in [-0.15, -0.1) is 0 Å². The molecule has 4 fully saturated rings. The smallest absolute Gasteiger partial charge is 0.225 e. The summed E-state index contributed by atoms with van der Waals surface area (Å²) in [6, 6.07) is 0. The van der Waals surface area contributed by atoms with Crippen LogP contribution in [0.5, 0.6) is 0 Å². The van der Waals surface area contributed by atoms with Crippen molar-refractivity contribution in [3.63, 3.8) is 0 Å². The molecular formula is C35H53F5OSi. The van der Waals surface area contributed by atoms with Gasteiger partial charge in [0.25, 0.3) is 0 Å². The average molecular weight is 613 g/mol. The third-order valence-electron chi connectivity index (χ3n) is 13.1. The second-order valence-corrected chi connectivity index (χ2v) is 19.9. The first kappa shape index (κ1) is 32.4. The van der Waals surface area contributed by atoms with Crippen molar-refractivity contribution < 1.29 is 26.4 Å². The molecule has 0 spiro atoms. The molecule has 42 heavy (non-hydrogen) atoms. The molecule has 0 N–H and O–H groups in total. The van der Waals surface area contributed by atoms with Gasteiger partial charge in [-0.25, -0.2) is 22.0 Å². The van der Waals surface area contributed by atoms with E-state index in [4.69, 9.17) is 4.43 Å². The lowest BCUT2D eigenvalue weighted by atomic mass is 9.44. The Morgan fingerprint density at radius 3 is 1.98 bits per heavy atom. The largest absolute Gasteiger partial charge is 0.410 e. The Morgan fingerprint density at radius 2 is 1.33 bits per heavy atom. The summed E-state index contributed by atoms with van der Waals surface area (Å²) in [6.45, 7) is 15.4. The first-order valence-electron chi connectivity index (χ1n) is 16.8. The number of halogens is 5. The summed E-state index contributed by atoms with van der Waals surface area (Å²) in [5, 5.41) is -0.739. The molecular weight excluding hydrogens is 559 g/mol. The molecule has 0 radical (unpaired) electrons. The van der Waals surface area contributed by atoms with Crippen LogP contribution >= 0.6 is 0 Å². The van der Waals surface area contributed by atoms with Crippen LogP contribution in [0.4, 0.5) is 22.0 Å². The molecule has 5 rings (SSSR count). The molecule has 9 unspecified atom stereocenters. The fraction of sp³-hybridized carbons (Fsp3) is 0.829. The molecule has 1 nitrogen and oxygen atoms in total. The lowest BCUT2D eigenvalue weighted by molar-refractivity contribution is -0.127. The molecule has 4 saturated carbocycles. The number of fused-ring (bicyclic) bond motifs is 5. The number of benzene rings is 1. The van der Waals surface area contributed by atoms with Crippen LogP contribution in [0.2, 0.25) is 13.1 Å². The molecule has 238 valence electrons. The highest BCUT2D eigenvalue weighted by Crippen LogP contribution is 2.68. The molecule has 0 amide bonds. The standard InChI is InChI=1S/C35H53F5OSi/c1-20(2)9-8-10-21(3)25-13-14-26-24-12-11-22-19-23(15-17-34(22,4)27(24)16-18-35(25,26)5)41-42(6,7)33-31(39)29(37)28(36)30(38)32(33)40/h20-27H,8-19H2,1-7H3. The Bertz CT molecular complexity index is 1130. The van der Waals surface area contributed by atoms with Gasteiger partial charge in [0.15, 0.2) is 23.3 Å². The highest BCUT2D eigenvalue weighted by Gasteiger charge is 2.60. The van der Waals surface area contributed by atoms with Crippen LogP contribution in [0.25, 0.3) is 0 Å². The average Bonchev–Trinajstić information content (AvgIpc) is 3.28. The van der Waals surface area contributed by atoms with Crippen LogP contribution in [-0.4, -0.2) is 14.4 Å². The van der Waals surface area contributed by atoms with E-state index >= 15 is 0 Å². The molecule has 0 aromatic heterocycles. The van der Waals surface area contributed by atoms with E-state index in [0.717, 1.165) is 55.3 Å². The van der Waals surface area contributed by atoms with Gasteiger partial charge in [0.2, 0.25) is 14.1 Å². The SMILES string of the molecule is CC(C)CCCC(C)C1CCC2C3CCC4CC(O[Si](C)(C)c5c(F)c(F)c(F)c(F)c5F)CCC4(C)C3CCC12C. The minimum atomic E-state index is -3.42. The van der Waals surface area contributed by atoms with Gasteiger partial charge >= 0.3 is 0 Å². The minimum Gasteiger partial charge on any atom is -0.410 e. The van der Waals surface area contributed by atoms with Gasteiger partial charge in [-0.2, -0.15) is 0 Å². The first-order valence-corrected chi connectivity index (χ1v) is 19.7. The maximum atomic E-state index is 14.7. The molecule has 0 aliphatic heterocycles. The van der Waals surface area contributed by atoms with Gasteiger partial charge < -0.3 is 4.43 Å². The first-order chi connectivity index (χ1) is 19.6. The number of hydrogen-bond donors (Lipinski definition) is 0.